The van der Waals surface area contributed by atoms with Crippen molar-refractivity contribution in [1.29, 1.82) is 0 Å². The molecular weight excluding hydrogens is 623 g/mol. The van der Waals surface area contributed by atoms with Gasteiger partial charge >= 0.3 is 18.1 Å². The van der Waals surface area contributed by atoms with Crippen LogP contribution in [-0.2, 0) is 19.6 Å². The topological polar surface area (TPSA) is 107 Å². The van der Waals surface area contributed by atoms with Crippen molar-refractivity contribution >= 4 is 67.2 Å². The lowest BCUT2D eigenvalue weighted by atomic mass is 10.2. The third-order valence-electron chi connectivity index (χ3n) is 2.75. The molecule has 0 aromatic heterocycles. The summed E-state index contributed by atoms with van der Waals surface area (Å²) in [5, 5.41) is 0. The summed E-state index contributed by atoms with van der Waals surface area (Å²) in [5.41, 5.74) is -0.548. The number of halogens is 5. The number of esters is 2. The van der Waals surface area contributed by atoms with E-state index in [1.165, 1.54) is 13.0 Å². The van der Waals surface area contributed by atoms with Crippen LogP contribution in [0.5, 0.6) is 5.75 Å². The van der Waals surface area contributed by atoms with E-state index in [0.29, 0.717) is 3.57 Å². The monoisotopic (exact) mass is 634 g/mol. The number of hydrogen-bond acceptors (Lipinski definition) is 6. The Morgan fingerprint density at radius 2 is 1.85 bits per heavy atom. The zero-order chi connectivity index (χ0) is 21.2. The molecule has 0 radical (unpaired) electrons. The molecule has 0 fully saturated rings. The normalized spacial score (nSPS) is 13.0. The maximum absolute atomic E-state index is 12.9. The molecule has 0 aliphatic heterocycles. The van der Waals surface area contributed by atoms with Crippen LogP contribution in [0, 0.1) is 7.14 Å². The van der Waals surface area contributed by atoms with Crippen molar-refractivity contribution < 1.29 is 45.2 Å². The van der Waals surface area contributed by atoms with Crippen LogP contribution >= 0.6 is 45.2 Å². The Kier molecular flexibility index (Phi) is 8.07. The van der Waals surface area contributed by atoms with Gasteiger partial charge in [0.25, 0.3) is 10.1 Å². The lowest BCUT2D eigenvalue weighted by Crippen LogP contribution is -2.39. The maximum Gasteiger partial charge on any atom is 0.426 e. The predicted octanol–water partition coefficient (Wildman–Crippen LogP) is 3.35. The summed E-state index contributed by atoms with van der Waals surface area (Å²) in [7, 11) is -5.09. The van der Waals surface area contributed by atoms with Crippen molar-refractivity contribution in [2.45, 2.75) is 19.2 Å². The van der Waals surface area contributed by atoms with Crippen molar-refractivity contribution in [1.82, 2.24) is 0 Å². The van der Waals surface area contributed by atoms with Gasteiger partial charge in [-0.15, -0.1) is 0 Å². The highest BCUT2D eigenvalue weighted by atomic mass is 127. The lowest BCUT2D eigenvalue weighted by molar-refractivity contribution is -0.197. The summed E-state index contributed by atoms with van der Waals surface area (Å²) >= 11 is 3.47. The Labute approximate surface area is 179 Å². The first-order chi connectivity index (χ1) is 12.1. The second-order valence-corrected chi connectivity index (χ2v) is 9.02. The van der Waals surface area contributed by atoms with Gasteiger partial charge in [0, 0.05) is 9.14 Å². The van der Waals surface area contributed by atoms with Crippen LogP contribution in [-0.4, -0.2) is 42.9 Å². The molecule has 150 valence electrons. The van der Waals surface area contributed by atoms with Crippen LogP contribution in [0.2, 0.25) is 0 Å². The summed E-state index contributed by atoms with van der Waals surface area (Å²) < 4.78 is 78.9. The molecule has 0 aliphatic carbocycles. The highest BCUT2D eigenvalue weighted by Crippen LogP contribution is 2.32. The Hall–Kier alpha value is -0.940. The first-order valence-electron chi connectivity index (χ1n) is 6.71. The smallest absolute Gasteiger partial charge is 0.426 e. The third-order valence-corrected chi connectivity index (χ3v) is 4.90. The second-order valence-electron chi connectivity index (χ2n) is 5.12. The van der Waals surface area contributed by atoms with Crippen LogP contribution in [0.1, 0.15) is 17.3 Å². The van der Waals surface area contributed by atoms with Gasteiger partial charge in [-0.1, -0.05) is 6.58 Å². The molecule has 0 saturated heterocycles. The van der Waals surface area contributed by atoms with Gasteiger partial charge in [-0.25, -0.2) is 9.59 Å². The Balaban J connectivity index is 3.32. The van der Waals surface area contributed by atoms with Crippen LogP contribution in [0.4, 0.5) is 13.2 Å². The fourth-order valence-corrected chi connectivity index (χ4v) is 4.17. The van der Waals surface area contributed by atoms with Crippen molar-refractivity contribution in [2.75, 3.05) is 5.75 Å². The average molecular weight is 634 g/mol. The van der Waals surface area contributed by atoms with Crippen LogP contribution in [0.25, 0.3) is 0 Å². The van der Waals surface area contributed by atoms with E-state index in [1.807, 2.05) is 0 Å². The summed E-state index contributed by atoms with van der Waals surface area (Å²) in [6, 6.07) is 2.59. The number of carbonyl (C=O) groups excluding carboxylic acids is 2. The molecule has 0 heterocycles. The van der Waals surface area contributed by atoms with Crippen LogP contribution in [0.3, 0.4) is 0 Å². The first kappa shape index (κ1) is 24.1. The first-order valence-corrected chi connectivity index (χ1v) is 10.5. The van der Waals surface area contributed by atoms with Crippen LogP contribution in [0.15, 0.2) is 24.3 Å². The molecule has 0 spiro atoms. The number of rotatable bonds is 6. The number of ether oxygens (including phenoxy) is 2. The van der Waals surface area contributed by atoms with E-state index in [1.54, 1.807) is 45.2 Å². The van der Waals surface area contributed by atoms with E-state index in [4.69, 9.17) is 9.29 Å². The maximum atomic E-state index is 12.9. The largest absolute Gasteiger partial charge is 0.448 e. The minimum atomic E-state index is -5.25. The van der Waals surface area contributed by atoms with Gasteiger partial charge in [0.2, 0.25) is 6.10 Å². The van der Waals surface area contributed by atoms with Gasteiger partial charge in [-0.2, -0.15) is 21.6 Å². The Morgan fingerprint density at radius 1 is 1.30 bits per heavy atom. The summed E-state index contributed by atoms with van der Waals surface area (Å²) in [5.74, 6) is -4.73. The molecule has 1 N–H and O–H groups in total. The second kappa shape index (κ2) is 9.04. The predicted molar refractivity (Wildman–Crippen MR) is 104 cm³/mol. The fourth-order valence-electron chi connectivity index (χ4n) is 1.57. The van der Waals surface area contributed by atoms with Gasteiger partial charge < -0.3 is 9.47 Å². The van der Waals surface area contributed by atoms with E-state index < -0.39 is 45.7 Å². The molecule has 0 saturated carbocycles. The standard InChI is InChI=1S/C14H11F3I2O7S/c1-6(2)12(20)26-11-8(3-7(18)4-9(11)19)13(21)25-10(14(15,16)17)5-27(22,23)24/h3-4,10H,1,5H2,2H3,(H,22,23,24). The molecule has 1 atom stereocenters. The minimum absolute atomic E-state index is 0.0248. The Bertz CT molecular complexity index is 881. The van der Waals surface area contributed by atoms with Crippen molar-refractivity contribution in [3.05, 3.63) is 37.0 Å². The lowest BCUT2D eigenvalue weighted by Gasteiger charge is -2.20. The van der Waals surface area contributed by atoms with E-state index >= 15 is 0 Å². The number of alkyl halides is 3. The average Bonchev–Trinajstić information content (AvgIpc) is 2.46. The molecular formula is C14H11F3I2O7S. The summed E-state index contributed by atoms with van der Waals surface area (Å²) in [6.07, 6.45) is -8.37. The molecule has 0 amide bonds. The minimum Gasteiger partial charge on any atom is -0.448 e. The number of benzene rings is 1. The quantitative estimate of drug-likeness (QED) is 0.168. The molecule has 1 aromatic rings. The van der Waals surface area contributed by atoms with E-state index in [0.717, 1.165) is 6.07 Å². The fraction of sp³-hybridized carbons (Fsp3) is 0.286. The van der Waals surface area contributed by atoms with Gasteiger partial charge in [0.15, 0.2) is 5.75 Å². The molecule has 1 aromatic carbocycles. The Morgan fingerprint density at radius 3 is 2.30 bits per heavy atom. The zero-order valence-electron chi connectivity index (χ0n) is 13.3. The van der Waals surface area contributed by atoms with Crippen LogP contribution < -0.4 is 4.74 Å². The van der Waals surface area contributed by atoms with Gasteiger partial charge in [0.05, 0.1) is 3.57 Å². The van der Waals surface area contributed by atoms with Crippen molar-refractivity contribution in [3.63, 3.8) is 0 Å². The highest BCUT2D eigenvalue weighted by Gasteiger charge is 2.46. The molecule has 1 rings (SSSR count). The zero-order valence-corrected chi connectivity index (χ0v) is 18.5. The number of carbonyl (C=O) groups is 2. The SMILES string of the molecule is C=C(C)C(=O)Oc1c(I)cc(I)cc1C(=O)OC(CS(=O)(=O)O)C(F)(F)F. The summed E-state index contributed by atoms with van der Waals surface area (Å²) in [6.45, 7) is 4.68. The van der Waals surface area contributed by atoms with Gasteiger partial charge in [-0.05, 0) is 64.2 Å². The molecule has 0 aliphatic rings. The molecule has 13 heteroatoms. The van der Waals surface area contributed by atoms with E-state index in [-0.39, 0.29) is 14.9 Å². The molecule has 0 bridgehead atoms. The highest BCUT2D eigenvalue weighted by molar-refractivity contribution is 14.1. The molecule has 7 nitrogen and oxygen atoms in total. The van der Waals surface area contributed by atoms with Gasteiger partial charge in [-0.3, -0.25) is 4.55 Å². The molecule has 1 unspecified atom stereocenters. The van der Waals surface area contributed by atoms with Gasteiger partial charge in [0.1, 0.15) is 11.3 Å². The van der Waals surface area contributed by atoms with Crippen molar-refractivity contribution in [2.24, 2.45) is 0 Å². The van der Waals surface area contributed by atoms with E-state index in [9.17, 15) is 31.2 Å². The van der Waals surface area contributed by atoms with E-state index in [2.05, 4.69) is 11.3 Å². The molecule has 27 heavy (non-hydrogen) atoms. The number of hydrogen-bond donors (Lipinski definition) is 1. The summed E-state index contributed by atoms with van der Waals surface area (Å²) in [4.78, 5) is 24.0. The third kappa shape index (κ3) is 7.53. The van der Waals surface area contributed by atoms with Crippen molar-refractivity contribution in [3.8, 4) is 5.75 Å².